The van der Waals surface area contributed by atoms with Gasteiger partial charge in [0.05, 0.1) is 19.8 Å². The van der Waals surface area contributed by atoms with Crippen molar-refractivity contribution in [1.29, 1.82) is 0 Å². The van der Waals surface area contributed by atoms with Crippen LogP contribution in [-0.4, -0.2) is 20.1 Å². The Morgan fingerprint density at radius 2 is 1.79 bits per heavy atom. The molecule has 1 aromatic carbocycles. The van der Waals surface area contributed by atoms with Crippen molar-refractivity contribution < 1.29 is 22.1 Å². The second-order valence-electron chi connectivity index (χ2n) is 2.92. The summed E-state index contributed by atoms with van der Waals surface area (Å²) < 4.78 is 1.12. The van der Waals surface area contributed by atoms with Crippen LogP contribution < -0.4 is 21.7 Å². The highest BCUT2D eigenvalue weighted by Gasteiger charge is 2.19. The van der Waals surface area contributed by atoms with E-state index in [1.165, 1.54) is 0 Å². The van der Waals surface area contributed by atoms with Gasteiger partial charge in [0.15, 0.2) is 0 Å². The minimum absolute atomic E-state index is 0. The normalized spacial score (nSPS) is 9.43. The van der Waals surface area contributed by atoms with Gasteiger partial charge in [-0.2, -0.15) is 4.42 Å². The molecule has 0 unspecified atom stereocenters. The first-order valence-electron chi connectivity index (χ1n) is 3.98. The van der Waals surface area contributed by atoms with E-state index in [9.17, 15) is 4.79 Å². The minimum atomic E-state index is -0.173. The van der Waals surface area contributed by atoms with Crippen LogP contribution in [0.5, 0.6) is 0 Å². The molecule has 78 valence electrons. The Morgan fingerprint density at radius 1 is 1.29 bits per heavy atom. The number of hydrogen-bond acceptors (Lipinski definition) is 1. The molecule has 3 nitrogen and oxygen atoms in total. The third-order valence-corrected chi connectivity index (χ3v) is 1.94. The summed E-state index contributed by atoms with van der Waals surface area (Å²) in [5.41, 5.74) is 0.690. The topological polar surface area (TPSA) is 24.8 Å². The molecule has 2 amide bonds. The van der Waals surface area contributed by atoms with E-state index >= 15 is 0 Å². The molecule has 0 aromatic heterocycles. The van der Waals surface area contributed by atoms with Crippen molar-refractivity contribution in [3.8, 4) is 0 Å². The van der Waals surface area contributed by atoms with E-state index in [2.05, 4.69) is 0 Å². The second kappa shape index (κ2) is 5.86. The Morgan fingerprint density at radius 3 is 2.21 bits per heavy atom. The summed E-state index contributed by atoms with van der Waals surface area (Å²) in [6, 6.07) is 8.95. The van der Waals surface area contributed by atoms with Gasteiger partial charge in [0, 0.05) is 11.8 Å². The molecule has 0 fully saturated rings. The quantitative estimate of drug-likeness (QED) is 0.555. The number of carbonyl (C=O) groups is 1. The minimum Gasteiger partial charge on any atom is -1.00 e. The molecule has 0 radical (unpaired) electrons. The molecule has 1 rings (SSSR count). The monoisotopic (exact) mass is 234 g/mol. The largest absolute Gasteiger partial charge is 1.00 e. The average molecular weight is 235 g/mol. The summed E-state index contributed by atoms with van der Waals surface area (Å²) in [5.74, 6) is 0. The van der Waals surface area contributed by atoms with E-state index in [1.807, 2.05) is 18.2 Å². The number of amides is 2. The highest BCUT2D eigenvalue weighted by molar-refractivity contribution is 6.35. The van der Waals surface area contributed by atoms with Crippen LogP contribution in [0.3, 0.4) is 0 Å². The molecule has 14 heavy (non-hydrogen) atoms. The second-order valence-corrected chi connectivity index (χ2v) is 3.26. The van der Waals surface area contributed by atoms with Crippen LogP contribution in [0.1, 0.15) is 0 Å². The van der Waals surface area contributed by atoms with Crippen LogP contribution in [-0.2, 0) is 0 Å². The van der Waals surface area contributed by atoms with Gasteiger partial charge >= 0.3 is 6.03 Å². The molecule has 0 aliphatic heterocycles. The van der Waals surface area contributed by atoms with Gasteiger partial charge < -0.3 is 12.4 Å². The van der Waals surface area contributed by atoms with Gasteiger partial charge in [0.1, 0.15) is 0 Å². The number of para-hydroxylation sites is 1. The third kappa shape index (κ3) is 3.18. The fourth-order valence-corrected chi connectivity index (χ4v) is 1.15. The zero-order chi connectivity index (χ0) is 9.84. The molecule has 0 bridgehead atoms. The number of urea groups is 1. The van der Waals surface area contributed by atoms with Gasteiger partial charge in [-0.3, -0.25) is 4.90 Å². The smallest absolute Gasteiger partial charge is 0.436 e. The average Bonchev–Trinajstić information content (AvgIpc) is 2.17. The number of quaternary nitrogens is 1. The van der Waals surface area contributed by atoms with E-state index in [4.69, 9.17) is 11.8 Å². The fraction of sp³-hybridized carbons (Fsp3) is 0.222. The number of nitrogens with zero attached hydrogens (tertiary/aromatic N) is 1. The van der Waals surface area contributed by atoms with Crippen molar-refractivity contribution in [2.45, 2.75) is 0 Å². The highest BCUT2D eigenvalue weighted by atomic mass is 35.5. The van der Waals surface area contributed by atoms with Gasteiger partial charge in [-0.25, -0.2) is 4.79 Å². The van der Waals surface area contributed by atoms with E-state index < -0.39 is 0 Å². The molecule has 0 saturated heterocycles. The lowest BCUT2D eigenvalue weighted by atomic mass is 10.3. The summed E-state index contributed by atoms with van der Waals surface area (Å²) in [7, 11) is 3.47. The fourth-order valence-electron chi connectivity index (χ4n) is 0.872. The number of nitrogens with one attached hydrogen (secondary N) is 1. The van der Waals surface area contributed by atoms with Gasteiger partial charge in [0.25, 0.3) is 0 Å². The van der Waals surface area contributed by atoms with Crippen LogP contribution >= 0.6 is 11.8 Å². The summed E-state index contributed by atoms with van der Waals surface area (Å²) >= 11 is 5.81. The molecule has 5 heteroatoms. The van der Waals surface area contributed by atoms with Crippen molar-refractivity contribution in [2.24, 2.45) is 0 Å². The first-order chi connectivity index (χ1) is 6.13. The molecular formula is C9H12Cl2N2O. The van der Waals surface area contributed by atoms with E-state index in [1.54, 1.807) is 26.2 Å². The SMILES string of the molecule is C[NH+](C)C(=O)N(Cl)c1ccccc1.[Cl-]. The van der Waals surface area contributed by atoms with Crippen molar-refractivity contribution in [3.05, 3.63) is 30.3 Å². The lowest BCUT2D eigenvalue weighted by Gasteiger charge is -2.13. The number of hydrogen-bond donors (Lipinski definition) is 1. The van der Waals surface area contributed by atoms with Crippen LogP contribution in [0.2, 0.25) is 0 Å². The Hall–Kier alpha value is -0.770. The maximum Gasteiger partial charge on any atom is 0.436 e. The first-order valence-corrected chi connectivity index (χ1v) is 4.32. The summed E-state index contributed by atoms with van der Waals surface area (Å²) in [6.45, 7) is 0. The molecular weight excluding hydrogens is 223 g/mol. The van der Waals surface area contributed by atoms with Crippen LogP contribution in [0.25, 0.3) is 0 Å². The predicted octanol–water partition coefficient (Wildman–Crippen LogP) is -2.08. The molecule has 0 aliphatic rings. The molecule has 1 N–H and O–H groups in total. The van der Waals surface area contributed by atoms with Crippen molar-refractivity contribution >= 4 is 23.5 Å². The van der Waals surface area contributed by atoms with E-state index in [0.717, 1.165) is 4.42 Å². The van der Waals surface area contributed by atoms with Crippen LogP contribution in [0.4, 0.5) is 10.5 Å². The Balaban J connectivity index is 0.00000169. The maximum atomic E-state index is 11.4. The molecule has 1 aromatic rings. The molecule has 0 heterocycles. The number of carbonyl (C=O) groups excluding carboxylic acids is 1. The lowest BCUT2D eigenvalue weighted by Crippen LogP contribution is -3.10. The van der Waals surface area contributed by atoms with Gasteiger partial charge in [-0.05, 0) is 12.1 Å². The summed E-state index contributed by atoms with van der Waals surface area (Å²) in [4.78, 5) is 12.1. The molecule has 0 spiro atoms. The molecule has 0 saturated carbocycles. The van der Waals surface area contributed by atoms with Crippen LogP contribution in [0, 0.1) is 0 Å². The summed E-state index contributed by atoms with van der Waals surface area (Å²) in [6.07, 6.45) is 0. The Kier molecular flexibility index (Phi) is 5.53. The zero-order valence-corrected chi connectivity index (χ0v) is 9.51. The Bertz CT molecular complexity index is 290. The standard InChI is InChI=1S/C9H11ClN2O.ClH/c1-11(2)9(13)12(10)8-6-4-3-5-7-8;/h3-7H,1-2H3;1H. The number of benzene rings is 1. The zero-order valence-electron chi connectivity index (χ0n) is 8.00. The van der Waals surface area contributed by atoms with E-state index in [-0.39, 0.29) is 18.4 Å². The third-order valence-electron chi connectivity index (χ3n) is 1.59. The Labute approximate surface area is 94.8 Å². The van der Waals surface area contributed by atoms with Crippen molar-refractivity contribution in [2.75, 3.05) is 18.5 Å². The maximum absolute atomic E-state index is 11.4. The molecule has 0 atom stereocenters. The van der Waals surface area contributed by atoms with Crippen molar-refractivity contribution in [1.82, 2.24) is 0 Å². The van der Waals surface area contributed by atoms with Gasteiger partial charge in [-0.1, -0.05) is 18.2 Å². The number of halogens is 2. The summed E-state index contributed by atoms with van der Waals surface area (Å²) in [5, 5.41) is 0. The van der Waals surface area contributed by atoms with Crippen LogP contribution in [0.15, 0.2) is 30.3 Å². The van der Waals surface area contributed by atoms with Gasteiger partial charge in [-0.15, -0.1) is 0 Å². The predicted molar refractivity (Wildman–Crippen MR) is 53.0 cm³/mol. The number of anilines is 1. The number of rotatable bonds is 1. The highest BCUT2D eigenvalue weighted by Crippen LogP contribution is 2.14. The molecule has 0 aliphatic carbocycles. The lowest BCUT2D eigenvalue weighted by molar-refractivity contribution is -0.767. The van der Waals surface area contributed by atoms with Gasteiger partial charge in [0.2, 0.25) is 0 Å². The van der Waals surface area contributed by atoms with E-state index in [0.29, 0.717) is 10.6 Å². The van der Waals surface area contributed by atoms with Crippen molar-refractivity contribution in [3.63, 3.8) is 0 Å². The first kappa shape index (κ1) is 13.2.